The molecule has 4 nitrogen and oxygen atoms in total. The number of carbonyl (C=O) groups is 1. The molecule has 3 aromatic carbocycles. The van der Waals surface area contributed by atoms with Gasteiger partial charge in [-0.05, 0) is 41.0 Å². The van der Waals surface area contributed by atoms with E-state index in [0.29, 0.717) is 17.7 Å². The molecule has 1 saturated heterocycles. The van der Waals surface area contributed by atoms with Crippen molar-refractivity contribution in [1.29, 1.82) is 0 Å². The van der Waals surface area contributed by atoms with Gasteiger partial charge in [0.05, 0.1) is 13.2 Å². The molecule has 1 fully saturated rings. The minimum atomic E-state index is -4.76. The molecule has 1 aliphatic heterocycles. The molecule has 0 radical (unpaired) electrons. The molecule has 0 spiro atoms. The van der Waals surface area contributed by atoms with Crippen molar-refractivity contribution in [3.8, 4) is 11.5 Å². The van der Waals surface area contributed by atoms with E-state index in [1.165, 1.54) is 24.3 Å². The van der Waals surface area contributed by atoms with E-state index in [-0.39, 0.29) is 24.2 Å². The third kappa shape index (κ3) is 4.42. The van der Waals surface area contributed by atoms with Crippen LogP contribution < -0.4 is 9.47 Å². The smallest absolute Gasteiger partial charge is 0.496 e. The summed E-state index contributed by atoms with van der Waals surface area (Å²) in [6.45, 7) is 0.200. The van der Waals surface area contributed by atoms with Gasteiger partial charge in [-0.15, -0.1) is 24.8 Å². The Kier molecular flexibility index (Phi) is 5.71. The molecule has 31 heavy (non-hydrogen) atoms. The van der Waals surface area contributed by atoms with Crippen molar-refractivity contribution in [3.63, 3.8) is 0 Å². The van der Waals surface area contributed by atoms with Crippen molar-refractivity contribution in [2.45, 2.75) is 30.7 Å². The Hall–Kier alpha value is -2.93. The van der Waals surface area contributed by atoms with E-state index in [9.17, 15) is 18.0 Å². The first-order valence-corrected chi connectivity index (χ1v) is 10.1. The molecule has 1 aliphatic rings. The first-order valence-electron chi connectivity index (χ1n) is 9.61. The molecule has 1 amide bonds. The van der Waals surface area contributed by atoms with Gasteiger partial charge in [0.1, 0.15) is 16.9 Å². The quantitative estimate of drug-likeness (QED) is 0.460. The maximum atomic E-state index is 12.9. The molecule has 0 aromatic heterocycles. The summed E-state index contributed by atoms with van der Waals surface area (Å²) in [6.07, 6.45) is -4.35. The van der Waals surface area contributed by atoms with Crippen LogP contribution in [-0.2, 0) is 11.3 Å². The fourth-order valence-corrected chi connectivity index (χ4v) is 4.30. The number of hydrogen-bond donors (Lipinski definition) is 0. The van der Waals surface area contributed by atoms with Gasteiger partial charge in [-0.25, -0.2) is 0 Å². The molecule has 0 N–H and O–H groups in total. The molecule has 4 rings (SSSR count). The van der Waals surface area contributed by atoms with Gasteiger partial charge in [0.2, 0.25) is 5.91 Å². The number of alkyl halides is 4. The summed E-state index contributed by atoms with van der Waals surface area (Å²) in [6, 6.07) is 16.8. The number of amides is 1. The van der Waals surface area contributed by atoms with Crippen LogP contribution >= 0.6 is 11.6 Å². The van der Waals surface area contributed by atoms with Gasteiger partial charge in [-0.3, -0.25) is 4.79 Å². The Labute approximate surface area is 182 Å². The van der Waals surface area contributed by atoms with E-state index in [1.54, 1.807) is 12.0 Å². The maximum absolute atomic E-state index is 12.9. The zero-order valence-electron chi connectivity index (χ0n) is 16.5. The fraction of sp³-hybridized carbons (Fsp3) is 0.261. The number of rotatable bonds is 5. The Morgan fingerprint density at radius 1 is 1.06 bits per heavy atom. The van der Waals surface area contributed by atoms with Crippen molar-refractivity contribution in [2.75, 3.05) is 7.11 Å². The van der Waals surface area contributed by atoms with Crippen LogP contribution in [0.2, 0.25) is 0 Å². The standard InChI is InChI=1S/C23H19ClF3NO3/c1-30-20-11-8-15-4-2-3-5-17(15)21(20)19-12-18(24)22(29)28(19)13-14-6-9-16(10-7-14)31-23(25,26)27/h2-11,18-19H,12-13H2,1H3. The first kappa shape index (κ1) is 21.3. The zero-order chi connectivity index (χ0) is 22.2. The third-order valence-electron chi connectivity index (χ3n) is 5.35. The second-order valence-electron chi connectivity index (χ2n) is 7.28. The van der Waals surface area contributed by atoms with Gasteiger partial charge >= 0.3 is 6.36 Å². The molecule has 0 saturated carbocycles. The van der Waals surface area contributed by atoms with E-state index in [1.807, 2.05) is 36.4 Å². The highest BCUT2D eigenvalue weighted by atomic mass is 35.5. The summed E-state index contributed by atoms with van der Waals surface area (Å²) >= 11 is 6.34. The van der Waals surface area contributed by atoms with Crippen molar-refractivity contribution in [1.82, 2.24) is 4.90 Å². The number of nitrogens with zero attached hydrogens (tertiary/aromatic N) is 1. The molecule has 8 heteroatoms. The molecule has 1 heterocycles. The van der Waals surface area contributed by atoms with E-state index < -0.39 is 11.7 Å². The van der Waals surface area contributed by atoms with Gasteiger partial charge in [0.15, 0.2) is 0 Å². The molecular formula is C23H19ClF3NO3. The Bertz CT molecular complexity index is 1100. The van der Waals surface area contributed by atoms with Crippen molar-refractivity contribution in [2.24, 2.45) is 0 Å². The van der Waals surface area contributed by atoms with E-state index in [4.69, 9.17) is 16.3 Å². The second-order valence-corrected chi connectivity index (χ2v) is 7.81. The summed E-state index contributed by atoms with van der Waals surface area (Å²) in [5.41, 5.74) is 1.53. The second kappa shape index (κ2) is 8.30. The highest BCUT2D eigenvalue weighted by Crippen LogP contribution is 2.43. The fourth-order valence-electron chi connectivity index (χ4n) is 4.01. The topological polar surface area (TPSA) is 38.8 Å². The summed E-state index contributed by atoms with van der Waals surface area (Å²) in [4.78, 5) is 14.5. The van der Waals surface area contributed by atoms with Gasteiger partial charge < -0.3 is 14.4 Å². The number of hydrogen-bond acceptors (Lipinski definition) is 3. The highest BCUT2D eigenvalue weighted by Gasteiger charge is 2.41. The molecule has 0 bridgehead atoms. The van der Waals surface area contributed by atoms with Gasteiger partial charge in [0.25, 0.3) is 0 Å². The molecule has 0 aliphatic carbocycles. The number of methoxy groups -OCH3 is 1. The lowest BCUT2D eigenvalue weighted by Crippen LogP contribution is -2.29. The predicted molar refractivity (Wildman–Crippen MR) is 111 cm³/mol. The van der Waals surface area contributed by atoms with Crippen molar-refractivity contribution < 1.29 is 27.4 Å². The van der Waals surface area contributed by atoms with Crippen LogP contribution in [0.5, 0.6) is 11.5 Å². The largest absolute Gasteiger partial charge is 0.573 e. The lowest BCUT2D eigenvalue weighted by Gasteiger charge is -2.27. The lowest BCUT2D eigenvalue weighted by atomic mass is 9.95. The Morgan fingerprint density at radius 3 is 2.45 bits per heavy atom. The highest BCUT2D eigenvalue weighted by molar-refractivity contribution is 6.31. The molecular weight excluding hydrogens is 431 g/mol. The van der Waals surface area contributed by atoms with Crippen molar-refractivity contribution >= 4 is 28.3 Å². The van der Waals surface area contributed by atoms with Gasteiger partial charge in [-0.2, -0.15) is 0 Å². The van der Waals surface area contributed by atoms with Crippen molar-refractivity contribution in [3.05, 3.63) is 71.8 Å². The van der Waals surface area contributed by atoms with Crippen LogP contribution in [0.4, 0.5) is 13.2 Å². The number of carbonyl (C=O) groups excluding carboxylic acids is 1. The van der Waals surface area contributed by atoms with Crippen LogP contribution in [0, 0.1) is 0 Å². The maximum Gasteiger partial charge on any atom is 0.573 e. The molecule has 162 valence electrons. The Balaban J connectivity index is 1.68. The average Bonchev–Trinajstić information content (AvgIpc) is 3.01. The van der Waals surface area contributed by atoms with Crippen LogP contribution in [0.25, 0.3) is 10.8 Å². The number of likely N-dealkylation sites (tertiary alicyclic amines) is 1. The SMILES string of the molecule is COc1ccc2ccccc2c1C1CC(Cl)C(=O)N1Cc1ccc(OC(F)(F)F)cc1. The summed E-state index contributed by atoms with van der Waals surface area (Å²) in [5.74, 6) is 0.116. The van der Waals surface area contributed by atoms with E-state index >= 15 is 0 Å². The summed E-state index contributed by atoms with van der Waals surface area (Å²) < 4.78 is 46.7. The lowest BCUT2D eigenvalue weighted by molar-refractivity contribution is -0.274. The number of halogens is 4. The Morgan fingerprint density at radius 2 is 1.77 bits per heavy atom. The van der Waals surface area contributed by atoms with E-state index in [2.05, 4.69) is 4.74 Å². The van der Waals surface area contributed by atoms with E-state index in [0.717, 1.165) is 16.3 Å². The number of ether oxygens (including phenoxy) is 2. The summed E-state index contributed by atoms with van der Waals surface area (Å²) in [7, 11) is 1.58. The minimum Gasteiger partial charge on any atom is -0.496 e. The van der Waals surface area contributed by atoms with Crippen LogP contribution in [0.1, 0.15) is 23.6 Å². The summed E-state index contributed by atoms with van der Waals surface area (Å²) in [5, 5.41) is 1.28. The minimum absolute atomic E-state index is 0.200. The van der Waals surface area contributed by atoms with Crippen LogP contribution in [0.15, 0.2) is 60.7 Å². The zero-order valence-corrected chi connectivity index (χ0v) is 17.3. The van der Waals surface area contributed by atoms with Gasteiger partial charge in [-0.1, -0.05) is 42.5 Å². The average molecular weight is 450 g/mol. The molecule has 3 aromatic rings. The molecule has 2 atom stereocenters. The number of fused-ring (bicyclic) bond motifs is 1. The van der Waals surface area contributed by atoms with Crippen LogP contribution in [-0.4, -0.2) is 29.7 Å². The van der Waals surface area contributed by atoms with Gasteiger partial charge in [0, 0.05) is 12.1 Å². The first-order chi connectivity index (χ1) is 14.8. The monoisotopic (exact) mass is 449 g/mol. The third-order valence-corrected chi connectivity index (χ3v) is 5.72. The predicted octanol–water partition coefficient (Wildman–Crippen LogP) is 5.83. The normalized spacial score (nSPS) is 19.1. The van der Waals surface area contributed by atoms with Crippen LogP contribution in [0.3, 0.4) is 0 Å². The number of benzene rings is 3. The molecule has 2 unspecified atom stereocenters.